The molecule has 0 heterocycles. The van der Waals surface area contributed by atoms with E-state index in [1.54, 1.807) is 0 Å². The Morgan fingerprint density at radius 3 is 0.687 bits per heavy atom. The highest BCUT2D eigenvalue weighted by Crippen LogP contribution is 2.45. The van der Waals surface area contributed by atoms with E-state index in [-0.39, 0.29) is 25.7 Å². The van der Waals surface area contributed by atoms with Gasteiger partial charge in [-0.25, -0.2) is 9.13 Å². The number of carbonyl (C=O) groups is 4. The lowest BCUT2D eigenvalue weighted by Gasteiger charge is -2.21. The molecule has 0 spiro atoms. The van der Waals surface area contributed by atoms with Crippen molar-refractivity contribution in [1.29, 1.82) is 0 Å². The van der Waals surface area contributed by atoms with Gasteiger partial charge in [-0.05, 0) is 43.4 Å². The molecule has 0 saturated carbocycles. The summed E-state index contributed by atoms with van der Waals surface area (Å²) in [6.45, 7) is 11.9. The SMILES string of the molecule is CCCCCCCCCCCCCCCCCCCCCCCCC(=O)O[C@H](COC(=O)CCCCCCCCCCCCCCC(C)C)COP(=O)(O)OC[C@@H](O)COP(=O)(O)OC[C@@H](COC(=O)CCCCCCCCCCC(C)C)OC(=O)CCCCCCCCCCC(C)C. The maximum absolute atomic E-state index is 13.1. The molecule has 0 aromatic heterocycles. The molecule has 0 saturated heterocycles. The Hall–Kier alpha value is -1.94. The number of ether oxygens (including phenoxy) is 4. The number of aliphatic hydroxyl groups excluding tert-OH is 1. The third kappa shape index (κ3) is 74.1. The van der Waals surface area contributed by atoms with Gasteiger partial charge < -0.3 is 33.8 Å². The molecule has 0 rings (SSSR count). The van der Waals surface area contributed by atoms with E-state index in [0.717, 1.165) is 108 Å². The van der Waals surface area contributed by atoms with Crippen LogP contribution in [0.5, 0.6) is 0 Å². The zero-order chi connectivity index (χ0) is 73.0. The van der Waals surface area contributed by atoms with E-state index in [1.165, 1.54) is 225 Å². The minimum absolute atomic E-state index is 0.104. The van der Waals surface area contributed by atoms with Gasteiger partial charge >= 0.3 is 39.5 Å². The Morgan fingerprint density at radius 1 is 0.273 bits per heavy atom. The van der Waals surface area contributed by atoms with Crippen molar-refractivity contribution in [2.24, 2.45) is 17.8 Å². The van der Waals surface area contributed by atoms with Gasteiger partial charge in [0.2, 0.25) is 0 Å². The van der Waals surface area contributed by atoms with Crippen LogP contribution >= 0.6 is 15.6 Å². The third-order valence-corrected chi connectivity index (χ3v) is 20.5. The van der Waals surface area contributed by atoms with Crippen molar-refractivity contribution in [2.75, 3.05) is 39.6 Å². The summed E-state index contributed by atoms with van der Waals surface area (Å²) in [6.07, 6.45) is 58.6. The van der Waals surface area contributed by atoms with Crippen molar-refractivity contribution in [3.8, 4) is 0 Å². The molecule has 0 aliphatic heterocycles. The van der Waals surface area contributed by atoms with Crippen molar-refractivity contribution in [3.63, 3.8) is 0 Å². The Labute approximate surface area is 607 Å². The van der Waals surface area contributed by atoms with E-state index < -0.39 is 97.5 Å². The van der Waals surface area contributed by atoms with Crippen molar-refractivity contribution >= 4 is 39.5 Å². The second-order valence-electron chi connectivity index (χ2n) is 30.2. The fourth-order valence-corrected chi connectivity index (χ4v) is 13.9. The summed E-state index contributed by atoms with van der Waals surface area (Å²) in [7, 11) is -9.92. The molecule has 19 heteroatoms. The Kier molecular flexibility index (Phi) is 69.0. The normalized spacial score (nSPS) is 14.0. The summed E-state index contributed by atoms with van der Waals surface area (Å²) in [4.78, 5) is 72.9. The molecular weight excluding hydrogens is 1290 g/mol. The van der Waals surface area contributed by atoms with Gasteiger partial charge in [-0.3, -0.25) is 37.3 Å². The largest absolute Gasteiger partial charge is 0.472 e. The van der Waals surface area contributed by atoms with Crippen molar-refractivity contribution < 1.29 is 80.2 Å². The smallest absolute Gasteiger partial charge is 0.462 e. The fourth-order valence-electron chi connectivity index (χ4n) is 12.3. The number of esters is 4. The molecule has 0 aromatic carbocycles. The minimum atomic E-state index is -4.96. The molecule has 17 nitrogen and oxygen atoms in total. The summed E-state index contributed by atoms with van der Waals surface area (Å²) >= 11 is 0. The first-order chi connectivity index (χ1) is 47.7. The first-order valence-corrected chi connectivity index (χ1v) is 44.3. The monoisotopic (exact) mass is 1450 g/mol. The summed E-state index contributed by atoms with van der Waals surface area (Å²) in [6, 6.07) is 0. The molecule has 0 amide bonds. The van der Waals surface area contributed by atoms with E-state index in [9.17, 15) is 43.2 Å². The quantitative estimate of drug-likeness (QED) is 0.0222. The highest BCUT2D eigenvalue weighted by Gasteiger charge is 2.30. The zero-order valence-corrected chi connectivity index (χ0v) is 66.8. The first kappa shape index (κ1) is 97.1. The van der Waals surface area contributed by atoms with Crippen LogP contribution in [0.4, 0.5) is 0 Å². The van der Waals surface area contributed by atoms with Gasteiger partial charge in [0.25, 0.3) is 0 Å². The summed E-state index contributed by atoms with van der Waals surface area (Å²) in [5, 5.41) is 10.6. The number of phosphoric acid groups is 2. The van der Waals surface area contributed by atoms with E-state index in [2.05, 4.69) is 48.5 Å². The maximum atomic E-state index is 13.1. The van der Waals surface area contributed by atoms with Crippen molar-refractivity contribution in [3.05, 3.63) is 0 Å². The van der Waals surface area contributed by atoms with Gasteiger partial charge in [-0.15, -0.1) is 0 Å². The van der Waals surface area contributed by atoms with Crippen LogP contribution in [0, 0.1) is 17.8 Å². The predicted octanol–water partition coefficient (Wildman–Crippen LogP) is 23.7. The van der Waals surface area contributed by atoms with E-state index in [0.29, 0.717) is 25.7 Å². The molecule has 0 aliphatic carbocycles. The van der Waals surface area contributed by atoms with Crippen LogP contribution in [0.25, 0.3) is 0 Å². The summed E-state index contributed by atoms with van der Waals surface area (Å²) < 4.78 is 68.6. The summed E-state index contributed by atoms with van der Waals surface area (Å²) in [5.74, 6) is 0.109. The van der Waals surface area contributed by atoms with Crippen molar-refractivity contribution in [1.82, 2.24) is 0 Å². The fraction of sp³-hybridized carbons (Fsp3) is 0.950. The molecule has 2 unspecified atom stereocenters. The second kappa shape index (κ2) is 70.4. The lowest BCUT2D eigenvalue weighted by atomic mass is 10.0. The Balaban J connectivity index is 5.20. The highest BCUT2D eigenvalue weighted by molar-refractivity contribution is 7.47. The molecule has 0 radical (unpaired) electrons. The molecule has 3 N–H and O–H groups in total. The zero-order valence-electron chi connectivity index (χ0n) is 65.0. The van der Waals surface area contributed by atoms with Gasteiger partial charge in [0, 0.05) is 25.7 Å². The van der Waals surface area contributed by atoms with Crippen LogP contribution in [-0.4, -0.2) is 96.7 Å². The average molecular weight is 1450 g/mol. The van der Waals surface area contributed by atoms with Crippen LogP contribution in [-0.2, 0) is 65.4 Å². The van der Waals surface area contributed by atoms with Crippen LogP contribution in [0.1, 0.15) is 414 Å². The van der Waals surface area contributed by atoms with Crippen molar-refractivity contribution in [2.45, 2.75) is 433 Å². The standard InChI is InChI=1S/C80H156O17P2/c1-8-9-10-11-12-13-14-15-16-17-18-19-20-21-22-23-24-29-32-42-49-56-63-79(84)96-75(67-90-77(82)61-54-47-40-31-28-26-25-27-30-37-44-51-58-71(2)3)69-94-98(86,87)92-65-74(81)66-93-99(88,89)95-70-76(97-80(85)64-57-50-43-36-34-39-46-53-60-73(6)7)68-91-78(83)62-55-48-41-35-33-38-45-52-59-72(4)5/h71-76,81H,8-70H2,1-7H3,(H,86,87)(H,88,89)/t74-,75-,76-/m1/s1. The topological polar surface area (TPSA) is 237 Å². The molecule has 0 fully saturated rings. The minimum Gasteiger partial charge on any atom is -0.462 e. The molecular formula is C80H156O17P2. The molecule has 5 atom stereocenters. The van der Waals surface area contributed by atoms with E-state index >= 15 is 0 Å². The number of carbonyl (C=O) groups excluding carboxylic acids is 4. The number of unbranched alkanes of at least 4 members (excludes halogenated alkanes) is 46. The molecule has 0 aliphatic rings. The van der Waals surface area contributed by atoms with Gasteiger partial charge in [0.15, 0.2) is 12.2 Å². The Morgan fingerprint density at radius 2 is 0.465 bits per heavy atom. The van der Waals surface area contributed by atoms with Gasteiger partial charge in [0.1, 0.15) is 19.3 Å². The third-order valence-electron chi connectivity index (χ3n) is 18.6. The number of aliphatic hydroxyl groups is 1. The predicted molar refractivity (Wildman–Crippen MR) is 405 cm³/mol. The lowest BCUT2D eigenvalue weighted by molar-refractivity contribution is -0.161. The maximum Gasteiger partial charge on any atom is 0.472 e. The average Bonchev–Trinajstić information content (AvgIpc) is 0.975. The van der Waals surface area contributed by atoms with Crippen LogP contribution in [0.2, 0.25) is 0 Å². The van der Waals surface area contributed by atoms with Crippen LogP contribution in [0.15, 0.2) is 0 Å². The lowest BCUT2D eigenvalue weighted by Crippen LogP contribution is -2.30. The first-order valence-electron chi connectivity index (χ1n) is 41.3. The molecule has 99 heavy (non-hydrogen) atoms. The van der Waals surface area contributed by atoms with Gasteiger partial charge in [-0.1, -0.05) is 363 Å². The second-order valence-corrected chi connectivity index (χ2v) is 33.1. The number of rotatable bonds is 78. The van der Waals surface area contributed by atoms with E-state index in [4.69, 9.17) is 37.0 Å². The van der Waals surface area contributed by atoms with Crippen LogP contribution in [0.3, 0.4) is 0 Å². The summed E-state index contributed by atoms with van der Waals surface area (Å²) in [5.41, 5.74) is 0. The highest BCUT2D eigenvalue weighted by atomic mass is 31.2. The van der Waals surface area contributed by atoms with Gasteiger partial charge in [0.05, 0.1) is 26.4 Å². The van der Waals surface area contributed by atoms with Gasteiger partial charge in [-0.2, -0.15) is 0 Å². The number of hydrogen-bond acceptors (Lipinski definition) is 15. The molecule has 0 aromatic rings. The number of phosphoric ester groups is 2. The van der Waals surface area contributed by atoms with Crippen LogP contribution < -0.4 is 0 Å². The molecule has 0 bridgehead atoms. The molecule has 588 valence electrons. The van der Waals surface area contributed by atoms with E-state index in [1.807, 2.05) is 0 Å². The Bertz CT molecular complexity index is 1920. The number of hydrogen-bond donors (Lipinski definition) is 3.